The van der Waals surface area contributed by atoms with Crippen molar-refractivity contribution < 1.29 is 9.53 Å². The van der Waals surface area contributed by atoms with E-state index in [-0.39, 0.29) is 12.1 Å². The van der Waals surface area contributed by atoms with Crippen molar-refractivity contribution in [3.05, 3.63) is 70.0 Å². The van der Waals surface area contributed by atoms with Gasteiger partial charge < -0.3 is 9.64 Å². The van der Waals surface area contributed by atoms with E-state index in [1.807, 2.05) is 67.8 Å². The molecular formula is C28H35N3O2S. The van der Waals surface area contributed by atoms with Crippen molar-refractivity contribution in [3.63, 3.8) is 0 Å². The number of carbonyl (C=O) groups is 1. The molecule has 0 amide bonds. The lowest BCUT2D eigenvalue weighted by Gasteiger charge is -2.28. The molecule has 4 rings (SSSR count). The number of hydrogen-bond acceptors (Lipinski definition) is 6. The summed E-state index contributed by atoms with van der Waals surface area (Å²) in [4.78, 5) is 25.7. The zero-order valence-electron chi connectivity index (χ0n) is 20.7. The Morgan fingerprint density at radius 3 is 2.59 bits per heavy atom. The van der Waals surface area contributed by atoms with Gasteiger partial charge in [0.25, 0.3) is 0 Å². The fourth-order valence-corrected chi connectivity index (χ4v) is 5.64. The average Bonchev–Trinajstić information content (AvgIpc) is 3.52. The van der Waals surface area contributed by atoms with E-state index < -0.39 is 0 Å². The third-order valence-corrected chi connectivity index (χ3v) is 7.59. The normalized spacial score (nSPS) is 15.9. The summed E-state index contributed by atoms with van der Waals surface area (Å²) in [7, 11) is 0. The zero-order chi connectivity index (χ0) is 24.1. The quantitative estimate of drug-likeness (QED) is 0.352. The molecule has 3 heterocycles. The van der Waals surface area contributed by atoms with Crippen LogP contribution in [0.1, 0.15) is 54.2 Å². The van der Waals surface area contributed by atoms with Gasteiger partial charge >= 0.3 is 5.97 Å². The first-order valence-corrected chi connectivity index (χ1v) is 13.1. The van der Waals surface area contributed by atoms with E-state index in [2.05, 4.69) is 35.8 Å². The van der Waals surface area contributed by atoms with Crippen molar-refractivity contribution in [1.82, 2.24) is 9.88 Å². The van der Waals surface area contributed by atoms with E-state index in [0.29, 0.717) is 11.6 Å². The minimum atomic E-state index is -0.307. The van der Waals surface area contributed by atoms with Gasteiger partial charge in [0.2, 0.25) is 0 Å². The molecule has 1 aromatic carbocycles. The standard InChI is InChI=1S/C28H35N3O2S/c1-5-23-12-13-24(34-23)19-30(6-2)22-15-17-31(18-22)27-26(28(32)33-20(3)4)25(14-16-29-27)21-10-8-7-9-11-21/h7-14,16,20,22H,5-6,15,17-19H2,1-4H3. The van der Waals surface area contributed by atoms with E-state index in [4.69, 9.17) is 9.72 Å². The van der Waals surface area contributed by atoms with Gasteiger partial charge in [-0.25, -0.2) is 9.78 Å². The number of carbonyl (C=O) groups excluding carboxylic acids is 1. The fourth-order valence-electron chi connectivity index (χ4n) is 4.65. The van der Waals surface area contributed by atoms with Gasteiger partial charge in [-0.3, -0.25) is 4.90 Å². The number of thiophene rings is 1. The van der Waals surface area contributed by atoms with Crippen molar-refractivity contribution >= 4 is 23.1 Å². The Morgan fingerprint density at radius 2 is 1.91 bits per heavy atom. The second kappa shape index (κ2) is 11.2. The van der Waals surface area contributed by atoms with Crippen molar-refractivity contribution in [2.75, 3.05) is 24.5 Å². The van der Waals surface area contributed by atoms with E-state index in [1.54, 1.807) is 0 Å². The summed E-state index contributed by atoms with van der Waals surface area (Å²) in [5, 5.41) is 0. The van der Waals surface area contributed by atoms with Crippen LogP contribution in [0.5, 0.6) is 0 Å². The summed E-state index contributed by atoms with van der Waals surface area (Å²) in [5.41, 5.74) is 2.44. The van der Waals surface area contributed by atoms with Crippen LogP contribution >= 0.6 is 11.3 Å². The molecule has 0 aliphatic carbocycles. The Morgan fingerprint density at radius 1 is 1.15 bits per heavy atom. The molecule has 0 spiro atoms. The first-order valence-electron chi connectivity index (χ1n) is 12.3. The molecule has 1 saturated heterocycles. The predicted octanol–water partition coefficient (Wildman–Crippen LogP) is 6.04. The fraction of sp³-hybridized carbons (Fsp3) is 0.429. The molecule has 180 valence electrons. The molecule has 5 nitrogen and oxygen atoms in total. The number of likely N-dealkylation sites (N-methyl/N-ethyl adjacent to an activating group) is 1. The van der Waals surface area contributed by atoms with Gasteiger partial charge in [-0.2, -0.15) is 0 Å². The highest BCUT2D eigenvalue weighted by molar-refractivity contribution is 7.11. The zero-order valence-corrected chi connectivity index (χ0v) is 21.5. The van der Waals surface area contributed by atoms with Crippen LogP contribution < -0.4 is 4.90 Å². The van der Waals surface area contributed by atoms with E-state index in [9.17, 15) is 4.79 Å². The highest BCUT2D eigenvalue weighted by Gasteiger charge is 2.32. The average molecular weight is 478 g/mol. The lowest BCUT2D eigenvalue weighted by atomic mass is 10.0. The molecule has 34 heavy (non-hydrogen) atoms. The molecule has 1 fully saturated rings. The Kier molecular flexibility index (Phi) is 8.01. The number of hydrogen-bond donors (Lipinski definition) is 0. The topological polar surface area (TPSA) is 45.7 Å². The van der Waals surface area contributed by atoms with Crippen LogP contribution in [0.2, 0.25) is 0 Å². The molecule has 6 heteroatoms. The smallest absolute Gasteiger partial charge is 0.342 e. The van der Waals surface area contributed by atoms with Gasteiger partial charge in [0.1, 0.15) is 11.4 Å². The van der Waals surface area contributed by atoms with Gasteiger partial charge in [-0.1, -0.05) is 44.2 Å². The molecule has 2 aromatic heterocycles. The van der Waals surface area contributed by atoms with Crippen LogP contribution in [-0.4, -0.2) is 47.6 Å². The molecule has 1 aliphatic heterocycles. The maximum Gasteiger partial charge on any atom is 0.342 e. The summed E-state index contributed by atoms with van der Waals surface area (Å²) in [5.74, 6) is 0.424. The summed E-state index contributed by atoms with van der Waals surface area (Å²) < 4.78 is 5.67. The van der Waals surface area contributed by atoms with E-state index >= 15 is 0 Å². The second-order valence-electron chi connectivity index (χ2n) is 9.05. The van der Waals surface area contributed by atoms with Gasteiger partial charge in [0, 0.05) is 47.2 Å². The molecule has 0 radical (unpaired) electrons. The highest BCUT2D eigenvalue weighted by atomic mass is 32.1. The Balaban J connectivity index is 1.60. The first kappa shape index (κ1) is 24.4. The lowest BCUT2D eigenvalue weighted by Crippen LogP contribution is -2.37. The van der Waals surface area contributed by atoms with Gasteiger partial charge in [0.15, 0.2) is 0 Å². The maximum atomic E-state index is 13.3. The molecule has 0 saturated carbocycles. The third kappa shape index (κ3) is 5.50. The first-order chi connectivity index (χ1) is 16.5. The molecule has 1 atom stereocenters. The summed E-state index contributed by atoms with van der Waals surface area (Å²) >= 11 is 1.92. The van der Waals surface area contributed by atoms with E-state index in [1.165, 1.54) is 9.75 Å². The van der Waals surface area contributed by atoms with Gasteiger partial charge in [-0.05, 0) is 57.0 Å². The van der Waals surface area contributed by atoms with Crippen molar-refractivity contribution in [2.24, 2.45) is 0 Å². The minimum Gasteiger partial charge on any atom is -0.459 e. The number of rotatable bonds is 9. The Bertz CT molecular complexity index is 1100. The highest BCUT2D eigenvalue weighted by Crippen LogP contribution is 2.33. The van der Waals surface area contributed by atoms with Gasteiger partial charge in [-0.15, -0.1) is 11.3 Å². The van der Waals surface area contributed by atoms with Crippen LogP contribution in [0.4, 0.5) is 5.82 Å². The van der Waals surface area contributed by atoms with Crippen LogP contribution in [0.15, 0.2) is 54.7 Å². The Labute approximate surface area is 207 Å². The second-order valence-corrected chi connectivity index (χ2v) is 10.3. The molecule has 1 unspecified atom stereocenters. The van der Waals surface area contributed by atoms with Crippen LogP contribution in [-0.2, 0) is 17.7 Å². The number of aryl methyl sites for hydroxylation is 1. The van der Waals surface area contributed by atoms with Crippen molar-refractivity contribution in [3.8, 4) is 11.1 Å². The maximum absolute atomic E-state index is 13.3. The monoisotopic (exact) mass is 477 g/mol. The number of aromatic nitrogens is 1. The lowest BCUT2D eigenvalue weighted by molar-refractivity contribution is 0.0379. The van der Waals surface area contributed by atoms with Crippen LogP contribution in [0, 0.1) is 0 Å². The summed E-state index contributed by atoms with van der Waals surface area (Å²) in [6.07, 6.45) is 3.76. The number of esters is 1. The minimum absolute atomic E-state index is 0.190. The largest absolute Gasteiger partial charge is 0.459 e. The number of pyridine rings is 1. The van der Waals surface area contributed by atoms with Crippen LogP contribution in [0.3, 0.4) is 0 Å². The predicted molar refractivity (Wildman–Crippen MR) is 141 cm³/mol. The van der Waals surface area contributed by atoms with E-state index in [0.717, 1.165) is 56.0 Å². The summed E-state index contributed by atoms with van der Waals surface area (Å²) in [6, 6.07) is 16.9. The number of ether oxygens (including phenoxy) is 1. The van der Waals surface area contributed by atoms with Crippen molar-refractivity contribution in [2.45, 2.75) is 59.2 Å². The Hall–Kier alpha value is -2.70. The molecule has 0 N–H and O–H groups in total. The van der Waals surface area contributed by atoms with Crippen LogP contribution in [0.25, 0.3) is 11.1 Å². The molecule has 0 bridgehead atoms. The van der Waals surface area contributed by atoms with Gasteiger partial charge in [0.05, 0.1) is 6.10 Å². The number of benzene rings is 1. The van der Waals surface area contributed by atoms with Crippen molar-refractivity contribution in [1.29, 1.82) is 0 Å². The number of anilines is 1. The number of nitrogens with zero attached hydrogens (tertiary/aromatic N) is 3. The summed E-state index contributed by atoms with van der Waals surface area (Å²) in [6.45, 7) is 11.9. The molecular weight excluding hydrogens is 442 g/mol. The molecule has 1 aliphatic rings. The SMILES string of the molecule is CCc1ccc(CN(CC)C2CCN(c3nccc(-c4ccccc4)c3C(=O)OC(C)C)C2)s1. The molecule has 3 aromatic rings. The third-order valence-electron chi connectivity index (χ3n) is 6.37.